The third-order valence-electron chi connectivity index (χ3n) is 3.71. The molecule has 17 heavy (non-hydrogen) atoms. The van der Waals surface area contributed by atoms with Crippen molar-refractivity contribution in [3.8, 4) is 0 Å². The van der Waals surface area contributed by atoms with Crippen LogP contribution in [-0.2, 0) is 24.2 Å². The first-order chi connectivity index (χ1) is 8.33. The van der Waals surface area contributed by atoms with Gasteiger partial charge in [-0.15, -0.1) is 0 Å². The molecule has 1 fully saturated rings. The molecule has 92 valence electrons. The molecule has 4 heteroatoms. The molecule has 2 aliphatic rings. The zero-order valence-corrected chi connectivity index (χ0v) is 10.3. The summed E-state index contributed by atoms with van der Waals surface area (Å²) in [5.74, 6) is 1.71. The number of hydrogen-bond acceptors (Lipinski definition) is 4. The Balaban J connectivity index is 1.82. The molecular weight excluding hydrogens is 214 g/mol. The summed E-state index contributed by atoms with van der Waals surface area (Å²) in [6, 6.07) is 0. The fourth-order valence-electron chi connectivity index (χ4n) is 2.74. The summed E-state index contributed by atoms with van der Waals surface area (Å²) in [6.07, 6.45) is 3.21. The first-order valence-electron chi connectivity index (χ1n) is 6.46. The standard InChI is InChI=1S/C13H19N3O/c1-9-11-3-5-17-8-12(11)16-13(15-9)6-10-2-4-14-7-10/h10,14H,2-8H2,1H3. The molecule has 1 aromatic rings. The maximum absolute atomic E-state index is 5.47. The van der Waals surface area contributed by atoms with Gasteiger partial charge in [0, 0.05) is 12.1 Å². The third kappa shape index (κ3) is 2.33. The van der Waals surface area contributed by atoms with Crippen LogP contribution in [0.2, 0.25) is 0 Å². The molecule has 0 amide bonds. The fraction of sp³-hybridized carbons (Fsp3) is 0.692. The summed E-state index contributed by atoms with van der Waals surface area (Å²) in [5.41, 5.74) is 3.58. The zero-order chi connectivity index (χ0) is 11.7. The summed E-state index contributed by atoms with van der Waals surface area (Å²) in [5, 5.41) is 3.39. The molecule has 1 unspecified atom stereocenters. The second kappa shape index (κ2) is 4.70. The van der Waals surface area contributed by atoms with Crippen molar-refractivity contribution in [1.29, 1.82) is 0 Å². The summed E-state index contributed by atoms with van der Waals surface area (Å²) in [6.45, 7) is 5.81. The third-order valence-corrected chi connectivity index (χ3v) is 3.71. The molecule has 0 radical (unpaired) electrons. The van der Waals surface area contributed by atoms with Gasteiger partial charge in [0.05, 0.1) is 18.9 Å². The Morgan fingerprint density at radius 1 is 1.41 bits per heavy atom. The average Bonchev–Trinajstić information content (AvgIpc) is 2.82. The van der Waals surface area contributed by atoms with Crippen LogP contribution in [0.25, 0.3) is 0 Å². The Morgan fingerprint density at radius 3 is 3.18 bits per heavy atom. The van der Waals surface area contributed by atoms with Gasteiger partial charge in [-0.1, -0.05) is 0 Å². The predicted octanol–water partition coefficient (Wildman–Crippen LogP) is 1.01. The maximum Gasteiger partial charge on any atom is 0.129 e. The molecule has 1 N–H and O–H groups in total. The number of aromatic nitrogens is 2. The largest absolute Gasteiger partial charge is 0.375 e. The van der Waals surface area contributed by atoms with Crippen LogP contribution in [0, 0.1) is 12.8 Å². The van der Waals surface area contributed by atoms with Crippen LogP contribution < -0.4 is 5.32 Å². The number of nitrogens with zero attached hydrogens (tertiary/aromatic N) is 2. The van der Waals surface area contributed by atoms with E-state index in [1.807, 2.05) is 0 Å². The van der Waals surface area contributed by atoms with Gasteiger partial charge in [-0.25, -0.2) is 9.97 Å². The lowest BCUT2D eigenvalue weighted by atomic mass is 10.0. The van der Waals surface area contributed by atoms with Crippen LogP contribution in [0.4, 0.5) is 0 Å². The number of fused-ring (bicyclic) bond motifs is 1. The Labute approximate surface area is 102 Å². The molecule has 3 heterocycles. The number of hydrogen-bond donors (Lipinski definition) is 1. The summed E-state index contributed by atoms with van der Waals surface area (Å²) < 4.78 is 5.47. The van der Waals surface area contributed by atoms with E-state index in [0.717, 1.165) is 49.8 Å². The SMILES string of the molecule is Cc1nc(CC2CCNC2)nc2c1CCOC2. The van der Waals surface area contributed by atoms with Gasteiger partial charge in [-0.3, -0.25) is 0 Å². The number of rotatable bonds is 2. The molecule has 3 rings (SSSR count). The van der Waals surface area contributed by atoms with Gasteiger partial charge in [0.2, 0.25) is 0 Å². The van der Waals surface area contributed by atoms with E-state index in [9.17, 15) is 0 Å². The number of aryl methyl sites for hydroxylation is 1. The summed E-state index contributed by atoms with van der Waals surface area (Å²) >= 11 is 0. The van der Waals surface area contributed by atoms with Crippen LogP contribution in [0.1, 0.15) is 29.2 Å². The Morgan fingerprint density at radius 2 is 2.35 bits per heavy atom. The van der Waals surface area contributed by atoms with Crippen LogP contribution in [0.5, 0.6) is 0 Å². The molecule has 1 aromatic heterocycles. The second-order valence-corrected chi connectivity index (χ2v) is 5.02. The van der Waals surface area contributed by atoms with E-state index in [0.29, 0.717) is 12.5 Å². The maximum atomic E-state index is 5.47. The molecule has 0 aromatic carbocycles. The van der Waals surface area contributed by atoms with E-state index in [-0.39, 0.29) is 0 Å². The highest BCUT2D eigenvalue weighted by molar-refractivity contribution is 5.26. The van der Waals surface area contributed by atoms with Gasteiger partial charge in [0.25, 0.3) is 0 Å². The molecule has 4 nitrogen and oxygen atoms in total. The van der Waals surface area contributed by atoms with Gasteiger partial charge in [-0.2, -0.15) is 0 Å². The topological polar surface area (TPSA) is 47.0 Å². The summed E-state index contributed by atoms with van der Waals surface area (Å²) in [7, 11) is 0. The minimum absolute atomic E-state index is 0.661. The predicted molar refractivity (Wildman–Crippen MR) is 64.8 cm³/mol. The van der Waals surface area contributed by atoms with Crippen molar-refractivity contribution >= 4 is 0 Å². The smallest absolute Gasteiger partial charge is 0.129 e. The highest BCUT2D eigenvalue weighted by Gasteiger charge is 2.19. The van der Waals surface area contributed by atoms with Gasteiger partial charge < -0.3 is 10.1 Å². The van der Waals surface area contributed by atoms with Crippen molar-refractivity contribution in [2.75, 3.05) is 19.7 Å². The monoisotopic (exact) mass is 233 g/mol. The zero-order valence-electron chi connectivity index (χ0n) is 10.3. The minimum Gasteiger partial charge on any atom is -0.375 e. The van der Waals surface area contributed by atoms with Gasteiger partial charge >= 0.3 is 0 Å². The van der Waals surface area contributed by atoms with Crippen molar-refractivity contribution in [2.45, 2.75) is 32.8 Å². The lowest BCUT2D eigenvalue weighted by Gasteiger charge is -2.18. The average molecular weight is 233 g/mol. The molecule has 1 saturated heterocycles. The summed E-state index contributed by atoms with van der Waals surface area (Å²) in [4.78, 5) is 9.33. The van der Waals surface area contributed by atoms with Gasteiger partial charge in [0.15, 0.2) is 0 Å². The molecule has 0 spiro atoms. The van der Waals surface area contributed by atoms with E-state index in [4.69, 9.17) is 4.74 Å². The molecule has 0 saturated carbocycles. The van der Waals surface area contributed by atoms with E-state index in [1.54, 1.807) is 0 Å². The van der Waals surface area contributed by atoms with Crippen LogP contribution in [0.15, 0.2) is 0 Å². The van der Waals surface area contributed by atoms with E-state index < -0.39 is 0 Å². The Kier molecular flexibility index (Phi) is 3.07. The normalized spacial score (nSPS) is 23.7. The number of nitrogens with one attached hydrogen (secondary N) is 1. The van der Waals surface area contributed by atoms with Crippen molar-refractivity contribution < 1.29 is 4.74 Å². The lowest BCUT2D eigenvalue weighted by Crippen LogP contribution is -2.18. The molecule has 1 atom stereocenters. The van der Waals surface area contributed by atoms with Crippen LogP contribution in [0.3, 0.4) is 0 Å². The highest BCUT2D eigenvalue weighted by atomic mass is 16.5. The van der Waals surface area contributed by atoms with E-state index in [2.05, 4.69) is 22.2 Å². The molecule has 0 bridgehead atoms. The Bertz CT molecular complexity index is 413. The van der Waals surface area contributed by atoms with Gasteiger partial charge in [-0.05, 0) is 44.3 Å². The van der Waals surface area contributed by atoms with Gasteiger partial charge in [0.1, 0.15) is 5.82 Å². The first-order valence-corrected chi connectivity index (χ1v) is 6.46. The highest BCUT2D eigenvalue weighted by Crippen LogP contribution is 2.19. The van der Waals surface area contributed by atoms with E-state index in [1.165, 1.54) is 12.0 Å². The minimum atomic E-state index is 0.661. The molecule has 0 aliphatic carbocycles. The van der Waals surface area contributed by atoms with E-state index >= 15 is 0 Å². The van der Waals surface area contributed by atoms with Crippen molar-refractivity contribution in [1.82, 2.24) is 15.3 Å². The molecular formula is C13H19N3O. The quantitative estimate of drug-likeness (QED) is 0.828. The fourth-order valence-corrected chi connectivity index (χ4v) is 2.74. The van der Waals surface area contributed by atoms with Crippen LogP contribution in [-0.4, -0.2) is 29.7 Å². The van der Waals surface area contributed by atoms with Crippen LogP contribution >= 0.6 is 0 Å². The lowest BCUT2D eigenvalue weighted by molar-refractivity contribution is 0.106. The Hall–Kier alpha value is -1.00. The second-order valence-electron chi connectivity index (χ2n) is 5.02. The molecule has 2 aliphatic heterocycles. The number of ether oxygens (including phenoxy) is 1. The first kappa shape index (κ1) is 11.1. The van der Waals surface area contributed by atoms with Crippen molar-refractivity contribution in [2.24, 2.45) is 5.92 Å². The van der Waals surface area contributed by atoms with Crippen molar-refractivity contribution in [3.05, 3.63) is 22.8 Å². The van der Waals surface area contributed by atoms with Crippen molar-refractivity contribution in [3.63, 3.8) is 0 Å².